The van der Waals surface area contributed by atoms with Crippen molar-refractivity contribution in [2.75, 3.05) is 6.54 Å². The van der Waals surface area contributed by atoms with Crippen LogP contribution in [0, 0.1) is 24.2 Å². The summed E-state index contributed by atoms with van der Waals surface area (Å²) < 4.78 is 26.7. The topological polar surface area (TPSA) is 87.2 Å². The third-order valence-electron chi connectivity index (χ3n) is 3.88. The molecular weight excluding hydrogens is 274 g/mol. The second-order valence-corrected chi connectivity index (χ2v) is 7.20. The molecule has 1 fully saturated rings. The number of aryl methyl sites for hydroxylation is 1. The van der Waals surface area contributed by atoms with Crippen LogP contribution in [-0.4, -0.2) is 25.4 Å². The Kier molecular flexibility index (Phi) is 4.14. The van der Waals surface area contributed by atoms with Gasteiger partial charge in [-0.15, -0.1) is 0 Å². The molecule has 1 heterocycles. The molecule has 2 rings (SSSR count). The molecule has 1 aliphatic heterocycles. The molecule has 1 aliphatic rings. The lowest BCUT2D eigenvalue weighted by Crippen LogP contribution is -2.52. The van der Waals surface area contributed by atoms with Crippen molar-refractivity contribution in [3.05, 3.63) is 29.3 Å². The fraction of sp³-hybridized carbons (Fsp3) is 0.500. The highest BCUT2D eigenvalue weighted by Gasteiger charge is 2.35. The minimum atomic E-state index is -3.59. The van der Waals surface area contributed by atoms with E-state index in [9.17, 15) is 8.42 Å². The fourth-order valence-electron chi connectivity index (χ4n) is 2.51. The number of sulfonamides is 1. The lowest BCUT2D eigenvalue weighted by atomic mass is 9.99. The molecule has 6 heteroatoms. The van der Waals surface area contributed by atoms with Crippen LogP contribution in [0.25, 0.3) is 0 Å². The van der Waals surface area contributed by atoms with E-state index in [4.69, 9.17) is 11.0 Å². The highest BCUT2D eigenvalue weighted by Crippen LogP contribution is 2.27. The molecule has 1 saturated heterocycles. The van der Waals surface area contributed by atoms with E-state index in [0.29, 0.717) is 17.7 Å². The van der Waals surface area contributed by atoms with Gasteiger partial charge in [0.25, 0.3) is 0 Å². The maximum Gasteiger partial charge on any atom is 0.244 e. The second kappa shape index (κ2) is 5.52. The van der Waals surface area contributed by atoms with Gasteiger partial charge in [-0.25, -0.2) is 8.42 Å². The first kappa shape index (κ1) is 15.0. The summed E-state index contributed by atoms with van der Waals surface area (Å²) in [5.74, 6) is 0.151. The predicted molar refractivity (Wildman–Crippen MR) is 76.2 cm³/mol. The molecule has 1 aromatic rings. The van der Waals surface area contributed by atoms with Crippen LogP contribution in [0.1, 0.15) is 30.9 Å². The number of rotatable bonds is 2. The van der Waals surface area contributed by atoms with Gasteiger partial charge >= 0.3 is 0 Å². The van der Waals surface area contributed by atoms with Crippen molar-refractivity contribution in [1.29, 1.82) is 5.26 Å². The highest BCUT2D eigenvalue weighted by molar-refractivity contribution is 7.89. The highest BCUT2D eigenvalue weighted by atomic mass is 32.2. The number of benzene rings is 1. The smallest absolute Gasteiger partial charge is 0.244 e. The lowest BCUT2D eigenvalue weighted by molar-refractivity contribution is 0.192. The Labute approximate surface area is 120 Å². The Balaban J connectivity index is 2.40. The van der Waals surface area contributed by atoms with Gasteiger partial charge in [0.1, 0.15) is 0 Å². The average molecular weight is 293 g/mol. The Bertz CT molecular complexity index is 649. The first-order chi connectivity index (χ1) is 9.37. The minimum absolute atomic E-state index is 0.151. The number of hydrogen-bond donors (Lipinski definition) is 1. The van der Waals surface area contributed by atoms with Gasteiger partial charge in [-0.05, 0) is 49.4 Å². The largest absolute Gasteiger partial charge is 0.315 e. The molecule has 0 amide bonds. The third kappa shape index (κ3) is 2.57. The molecule has 2 N–H and O–H groups in total. The Morgan fingerprint density at radius 1 is 1.45 bits per heavy atom. The summed E-state index contributed by atoms with van der Waals surface area (Å²) in [5.41, 5.74) is 7.18. The van der Waals surface area contributed by atoms with Crippen LogP contribution in [-0.2, 0) is 10.0 Å². The number of nitrogens with two attached hydrogens (primary N) is 1. The van der Waals surface area contributed by atoms with E-state index in [1.54, 1.807) is 19.1 Å². The Morgan fingerprint density at radius 3 is 2.75 bits per heavy atom. The molecule has 0 saturated carbocycles. The van der Waals surface area contributed by atoms with Crippen LogP contribution < -0.4 is 5.73 Å². The normalized spacial score (nSPS) is 24.3. The third-order valence-corrected chi connectivity index (χ3v) is 5.77. The summed E-state index contributed by atoms with van der Waals surface area (Å²) in [6.45, 7) is 4.15. The van der Waals surface area contributed by atoms with Crippen LogP contribution in [0.3, 0.4) is 0 Å². The first-order valence-electron chi connectivity index (χ1n) is 6.66. The van der Waals surface area contributed by atoms with E-state index in [1.807, 2.05) is 13.0 Å². The summed E-state index contributed by atoms with van der Waals surface area (Å²) in [6, 6.07) is 6.60. The van der Waals surface area contributed by atoms with Crippen LogP contribution in [0.5, 0.6) is 0 Å². The molecule has 2 atom stereocenters. The SMILES string of the molecule is Cc1cc(S(=O)(=O)N2CCCC(C)C2N)ccc1C#N. The molecule has 0 aliphatic carbocycles. The van der Waals surface area contributed by atoms with Crippen molar-refractivity contribution in [1.82, 2.24) is 4.31 Å². The van der Waals surface area contributed by atoms with Crippen molar-refractivity contribution in [3.8, 4) is 6.07 Å². The van der Waals surface area contributed by atoms with E-state index in [1.165, 1.54) is 10.4 Å². The first-order valence-corrected chi connectivity index (χ1v) is 8.10. The molecule has 5 nitrogen and oxygen atoms in total. The van der Waals surface area contributed by atoms with E-state index in [2.05, 4.69) is 0 Å². The van der Waals surface area contributed by atoms with Gasteiger partial charge in [0.2, 0.25) is 10.0 Å². The van der Waals surface area contributed by atoms with Crippen molar-refractivity contribution >= 4 is 10.0 Å². The van der Waals surface area contributed by atoms with Gasteiger partial charge in [0.05, 0.1) is 22.7 Å². The van der Waals surface area contributed by atoms with E-state index in [0.717, 1.165) is 12.8 Å². The number of nitrogens with zero attached hydrogens (tertiary/aromatic N) is 2. The van der Waals surface area contributed by atoms with Crippen LogP contribution in [0.2, 0.25) is 0 Å². The zero-order chi connectivity index (χ0) is 14.9. The van der Waals surface area contributed by atoms with Gasteiger partial charge < -0.3 is 5.73 Å². The second-order valence-electron chi connectivity index (χ2n) is 5.31. The van der Waals surface area contributed by atoms with Gasteiger partial charge in [-0.2, -0.15) is 9.57 Å². The number of piperidine rings is 1. The molecule has 20 heavy (non-hydrogen) atoms. The van der Waals surface area contributed by atoms with Crippen LogP contribution in [0.15, 0.2) is 23.1 Å². The molecular formula is C14H19N3O2S. The molecule has 0 spiro atoms. The van der Waals surface area contributed by atoms with Gasteiger partial charge in [-0.1, -0.05) is 6.92 Å². The molecule has 1 aromatic carbocycles. The molecule has 2 unspecified atom stereocenters. The average Bonchev–Trinajstić information content (AvgIpc) is 2.41. The minimum Gasteiger partial charge on any atom is -0.315 e. The Morgan fingerprint density at radius 2 is 2.15 bits per heavy atom. The summed E-state index contributed by atoms with van der Waals surface area (Å²) in [6.07, 6.45) is 1.29. The van der Waals surface area contributed by atoms with Gasteiger partial charge in [0, 0.05) is 6.54 Å². The summed E-state index contributed by atoms with van der Waals surface area (Å²) in [7, 11) is -3.59. The quantitative estimate of drug-likeness (QED) is 0.896. The molecule has 0 radical (unpaired) electrons. The zero-order valence-electron chi connectivity index (χ0n) is 11.7. The maximum atomic E-state index is 12.7. The van der Waals surface area contributed by atoms with E-state index < -0.39 is 16.2 Å². The van der Waals surface area contributed by atoms with Crippen LogP contribution >= 0.6 is 0 Å². The monoisotopic (exact) mass is 293 g/mol. The molecule has 108 valence electrons. The van der Waals surface area contributed by atoms with Crippen molar-refractivity contribution < 1.29 is 8.42 Å². The summed E-state index contributed by atoms with van der Waals surface area (Å²) in [4.78, 5) is 0.207. The van der Waals surface area contributed by atoms with Crippen molar-refractivity contribution in [2.24, 2.45) is 11.7 Å². The molecule has 0 aromatic heterocycles. The van der Waals surface area contributed by atoms with E-state index in [-0.39, 0.29) is 10.8 Å². The van der Waals surface area contributed by atoms with Crippen molar-refractivity contribution in [2.45, 2.75) is 37.8 Å². The number of nitriles is 1. The van der Waals surface area contributed by atoms with Gasteiger partial charge in [0.15, 0.2) is 0 Å². The predicted octanol–water partition coefficient (Wildman–Crippen LogP) is 1.57. The molecule has 0 bridgehead atoms. The van der Waals surface area contributed by atoms with Crippen LogP contribution in [0.4, 0.5) is 0 Å². The Hall–Kier alpha value is -1.42. The van der Waals surface area contributed by atoms with Crippen molar-refractivity contribution in [3.63, 3.8) is 0 Å². The zero-order valence-corrected chi connectivity index (χ0v) is 12.5. The van der Waals surface area contributed by atoms with E-state index >= 15 is 0 Å². The fourth-order valence-corrected chi connectivity index (χ4v) is 4.24. The maximum absolute atomic E-state index is 12.7. The summed E-state index contributed by atoms with van der Waals surface area (Å²) in [5, 5.41) is 8.91. The number of hydrogen-bond acceptors (Lipinski definition) is 4. The lowest BCUT2D eigenvalue weighted by Gasteiger charge is -2.36. The van der Waals surface area contributed by atoms with Gasteiger partial charge in [-0.3, -0.25) is 0 Å². The standard InChI is InChI=1S/C14H19N3O2S/c1-10-4-3-7-17(14(10)16)20(18,19)13-6-5-12(9-15)11(2)8-13/h5-6,8,10,14H,3-4,7,16H2,1-2H3. The summed E-state index contributed by atoms with van der Waals surface area (Å²) >= 11 is 0.